The van der Waals surface area contributed by atoms with Crippen molar-refractivity contribution in [3.8, 4) is 0 Å². The Morgan fingerprint density at radius 3 is 2.45 bits per heavy atom. The molecule has 1 fully saturated rings. The van der Waals surface area contributed by atoms with Gasteiger partial charge < -0.3 is 5.32 Å². The molecular weight excluding hydrogens is 244 g/mol. The Hall–Kier alpha value is -0.860. The molecule has 2 rings (SSSR count). The van der Waals surface area contributed by atoms with E-state index in [0.29, 0.717) is 12.1 Å². The van der Waals surface area contributed by atoms with Gasteiger partial charge in [0.05, 0.1) is 0 Å². The largest absolute Gasteiger partial charge is 0.311 e. The normalized spacial score (nSPS) is 24.2. The minimum absolute atomic E-state index is 0.598. The third-order valence-electron chi connectivity index (χ3n) is 4.75. The van der Waals surface area contributed by atoms with E-state index in [2.05, 4.69) is 61.3 Å². The summed E-state index contributed by atoms with van der Waals surface area (Å²) < 4.78 is 0. The monoisotopic (exact) mass is 274 g/mol. The van der Waals surface area contributed by atoms with Crippen molar-refractivity contribution in [3.63, 3.8) is 0 Å². The number of rotatable bonds is 6. The van der Waals surface area contributed by atoms with E-state index in [9.17, 15) is 0 Å². The number of nitrogens with zero attached hydrogens (tertiary/aromatic N) is 1. The molecule has 0 spiro atoms. The quantitative estimate of drug-likeness (QED) is 0.854. The molecule has 1 aliphatic rings. The lowest BCUT2D eigenvalue weighted by Gasteiger charge is -2.44. The van der Waals surface area contributed by atoms with Crippen molar-refractivity contribution in [2.45, 2.75) is 64.6 Å². The van der Waals surface area contributed by atoms with Crippen molar-refractivity contribution in [1.29, 1.82) is 0 Å². The Labute approximate surface area is 124 Å². The zero-order chi connectivity index (χ0) is 14.4. The summed E-state index contributed by atoms with van der Waals surface area (Å²) in [6, 6.07) is 12.9. The summed E-state index contributed by atoms with van der Waals surface area (Å²) in [5.74, 6) is 0. The van der Waals surface area contributed by atoms with Gasteiger partial charge in [-0.2, -0.15) is 0 Å². The smallest absolute Gasteiger partial charge is 0.0236 e. The van der Waals surface area contributed by atoms with Gasteiger partial charge in [-0.1, -0.05) is 51.1 Å². The second kappa shape index (κ2) is 7.80. The molecule has 1 saturated heterocycles. The Morgan fingerprint density at radius 1 is 1.15 bits per heavy atom. The van der Waals surface area contributed by atoms with E-state index in [4.69, 9.17) is 0 Å². The van der Waals surface area contributed by atoms with Gasteiger partial charge >= 0.3 is 0 Å². The van der Waals surface area contributed by atoms with Crippen LogP contribution in [0.15, 0.2) is 30.3 Å². The molecule has 0 aromatic heterocycles. The van der Waals surface area contributed by atoms with Gasteiger partial charge in [0, 0.05) is 31.2 Å². The molecule has 2 atom stereocenters. The van der Waals surface area contributed by atoms with E-state index in [0.717, 1.165) is 19.0 Å². The molecule has 112 valence electrons. The summed E-state index contributed by atoms with van der Waals surface area (Å²) in [7, 11) is 0. The van der Waals surface area contributed by atoms with Gasteiger partial charge in [0.1, 0.15) is 0 Å². The van der Waals surface area contributed by atoms with Crippen LogP contribution in [0.4, 0.5) is 0 Å². The standard InChI is InChI=1S/C18H30N2/c1-4-17(5-2)20-14-16(19-13-18(20)6-3)12-15-10-8-7-9-11-15/h7-11,16-19H,4-6,12-14H2,1-3H3. The molecule has 1 aliphatic heterocycles. The van der Waals surface area contributed by atoms with Gasteiger partial charge in [-0.3, -0.25) is 4.90 Å². The van der Waals surface area contributed by atoms with Crippen LogP contribution in [-0.4, -0.2) is 36.1 Å². The van der Waals surface area contributed by atoms with E-state index < -0.39 is 0 Å². The van der Waals surface area contributed by atoms with Crippen molar-refractivity contribution >= 4 is 0 Å². The van der Waals surface area contributed by atoms with Gasteiger partial charge in [-0.05, 0) is 31.2 Å². The summed E-state index contributed by atoms with van der Waals surface area (Å²) in [6.45, 7) is 9.31. The van der Waals surface area contributed by atoms with Crippen LogP contribution in [0.25, 0.3) is 0 Å². The van der Waals surface area contributed by atoms with Crippen molar-refractivity contribution in [3.05, 3.63) is 35.9 Å². The Kier molecular flexibility index (Phi) is 6.06. The predicted molar refractivity (Wildman–Crippen MR) is 87.1 cm³/mol. The maximum atomic E-state index is 3.76. The molecule has 2 nitrogen and oxygen atoms in total. The third-order valence-corrected chi connectivity index (χ3v) is 4.75. The zero-order valence-electron chi connectivity index (χ0n) is 13.3. The van der Waals surface area contributed by atoms with Crippen molar-refractivity contribution in [2.75, 3.05) is 13.1 Å². The van der Waals surface area contributed by atoms with Crippen LogP contribution in [0, 0.1) is 0 Å². The van der Waals surface area contributed by atoms with Crippen LogP contribution in [0.3, 0.4) is 0 Å². The summed E-state index contributed by atoms with van der Waals surface area (Å²) in [5.41, 5.74) is 1.45. The minimum Gasteiger partial charge on any atom is -0.311 e. The molecular formula is C18H30N2. The molecule has 0 bridgehead atoms. The highest BCUT2D eigenvalue weighted by molar-refractivity contribution is 5.16. The molecule has 1 N–H and O–H groups in total. The Morgan fingerprint density at radius 2 is 1.85 bits per heavy atom. The first-order valence-corrected chi connectivity index (χ1v) is 8.31. The maximum absolute atomic E-state index is 3.76. The van der Waals surface area contributed by atoms with E-state index in [1.165, 1.54) is 31.4 Å². The summed E-state index contributed by atoms with van der Waals surface area (Å²) in [5, 5.41) is 3.76. The van der Waals surface area contributed by atoms with E-state index in [1.54, 1.807) is 0 Å². The first-order chi connectivity index (χ1) is 9.78. The SMILES string of the molecule is CCC(CC)N1CC(Cc2ccccc2)NCC1CC. The number of piperazine rings is 1. The van der Waals surface area contributed by atoms with E-state index >= 15 is 0 Å². The second-order valence-electron chi connectivity index (χ2n) is 6.02. The fraction of sp³-hybridized carbons (Fsp3) is 0.667. The molecule has 20 heavy (non-hydrogen) atoms. The molecule has 2 unspecified atom stereocenters. The minimum atomic E-state index is 0.598. The molecule has 0 aliphatic carbocycles. The lowest BCUT2D eigenvalue weighted by molar-refractivity contribution is 0.0741. The van der Waals surface area contributed by atoms with Crippen LogP contribution in [0.5, 0.6) is 0 Å². The van der Waals surface area contributed by atoms with Crippen LogP contribution < -0.4 is 5.32 Å². The molecule has 0 radical (unpaired) electrons. The number of hydrogen-bond acceptors (Lipinski definition) is 2. The average Bonchev–Trinajstić information content (AvgIpc) is 2.50. The van der Waals surface area contributed by atoms with Gasteiger partial charge in [0.2, 0.25) is 0 Å². The van der Waals surface area contributed by atoms with Crippen LogP contribution in [0.2, 0.25) is 0 Å². The number of nitrogens with one attached hydrogen (secondary N) is 1. The summed E-state index contributed by atoms with van der Waals surface area (Å²) >= 11 is 0. The van der Waals surface area contributed by atoms with Crippen LogP contribution in [-0.2, 0) is 6.42 Å². The molecule has 0 saturated carbocycles. The number of hydrogen-bond donors (Lipinski definition) is 1. The second-order valence-corrected chi connectivity index (χ2v) is 6.02. The first-order valence-electron chi connectivity index (χ1n) is 8.31. The van der Waals surface area contributed by atoms with Crippen LogP contribution >= 0.6 is 0 Å². The molecule has 1 aromatic rings. The van der Waals surface area contributed by atoms with Gasteiger partial charge in [-0.15, -0.1) is 0 Å². The molecule has 1 heterocycles. The summed E-state index contributed by atoms with van der Waals surface area (Å²) in [6.07, 6.45) is 4.94. The highest BCUT2D eigenvalue weighted by Gasteiger charge is 2.30. The lowest BCUT2D eigenvalue weighted by Crippen LogP contribution is -2.59. The van der Waals surface area contributed by atoms with Crippen molar-refractivity contribution in [1.82, 2.24) is 10.2 Å². The fourth-order valence-electron chi connectivity index (χ4n) is 3.51. The highest BCUT2D eigenvalue weighted by Crippen LogP contribution is 2.20. The van der Waals surface area contributed by atoms with Crippen molar-refractivity contribution in [2.24, 2.45) is 0 Å². The summed E-state index contributed by atoms with van der Waals surface area (Å²) in [4.78, 5) is 2.77. The van der Waals surface area contributed by atoms with Crippen molar-refractivity contribution < 1.29 is 0 Å². The van der Waals surface area contributed by atoms with Gasteiger partial charge in [-0.25, -0.2) is 0 Å². The fourth-order valence-corrected chi connectivity index (χ4v) is 3.51. The average molecular weight is 274 g/mol. The Balaban J connectivity index is 2.00. The topological polar surface area (TPSA) is 15.3 Å². The highest BCUT2D eigenvalue weighted by atomic mass is 15.3. The maximum Gasteiger partial charge on any atom is 0.0236 e. The predicted octanol–water partition coefficient (Wildman–Crippen LogP) is 3.47. The first kappa shape index (κ1) is 15.5. The molecule has 2 heteroatoms. The number of benzene rings is 1. The van der Waals surface area contributed by atoms with Gasteiger partial charge in [0.15, 0.2) is 0 Å². The third kappa shape index (κ3) is 3.83. The molecule has 0 amide bonds. The van der Waals surface area contributed by atoms with Crippen LogP contribution in [0.1, 0.15) is 45.6 Å². The van der Waals surface area contributed by atoms with E-state index in [1.807, 2.05) is 0 Å². The Bertz CT molecular complexity index is 365. The zero-order valence-corrected chi connectivity index (χ0v) is 13.3. The van der Waals surface area contributed by atoms with Gasteiger partial charge in [0.25, 0.3) is 0 Å². The van der Waals surface area contributed by atoms with E-state index in [-0.39, 0.29) is 0 Å². The molecule has 1 aromatic carbocycles. The lowest BCUT2D eigenvalue weighted by atomic mass is 9.97.